The van der Waals surface area contributed by atoms with Crippen LogP contribution in [0.4, 0.5) is 5.69 Å². The van der Waals surface area contributed by atoms with Crippen LogP contribution in [-0.4, -0.2) is 20.1 Å². The molecule has 1 aromatic carbocycles. The van der Waals surface area contributed by atoms with E-state index < -0.39 is 0 Å². The lowest BCUT2D eigenvalue weighted by Gasteiger charge is -1.95. The van der Waals surface area contributed by atoms with Crippen molar-refractivity contribution in [3.63, 3.8) is 0 Å². The number of aromatic hydroxyl groups is 1. The first-order valence-corrected chi connectivity index (χ1v) is 9.69. The minimum Gasteiger partial charge on any atom is -0.494 e. The van der Waals surface area contributed by atoms with E-state index in [1.54, 1.807) is 18.6 Å². The second kappa shape index (κ2) is 7.10. The average Bonchev–Trinajstić information content (AvgIpc) is 3.28. The van der Waals surface area contributed by atoms with Crippen LogP contribution >= 0.6 is 15.9 Å². The number of azo groups is 1. The number of aromatic nitrogens is 3. The molecule has 1 aliphatic rings. The summed E-state index contributed by atoms with van der Waals surface area (Å²) in [5, 5.41) is 21.6. The van der Waals surface area contributed by atoms with Crippen molar-refractivity contribution in [2.45, 2.75) is 0 Å². The van der Waals surface area contributed by atoms with Gasteiger partial charge < -0.3 is 10.1 Å². The van der Waals surface area contributed by atoms with Gasteiger partial charge in [-0.15, -0.1) is 10.2 Å². The maximum Gasteiger partial charge on any atom is 0.198 e. The molecule has 6 nitrogen and oxygen atoms in total. The van der Waals surface area contributed by atoms with Gasteiger partial charge in [0.1, 0.15) is 5.65 Å². The van der Waals surface area contributed by atoms with Crippen molar-refractivity contribution < 1.29 is 5.11 Å². The summed E-state index contributed by atoms with van der Waals surface area (Å²) in [6, 6.07) is 11.7. The van der Waals surface area contributed by atoms with Crippen LogP contribution in [0.15, 0.2) is 75.8 Å². The maximum atomic E-state index is 10.3. The van der Waals surface area contributed by atoms with Gasteiger partial charge in [0.25, 0.3) is 0 Å². The van der Waals surface area contributed by atoms with Crippen molar-refractivity contribution in [1.29, 1.82) is 0 Å². The fraction of sp³-hybridized carbons (Fsp3) is 0. The first-order chi connectivity index (χ1) is 14.2. The van der Waals surface area contributed by atoms with Gasteiger partial charge in [-0.3, -0.25) is 4.98 Å². The molecule has 0 saturated heterocycles. The molecule has 29 heavy (non-hydrogen) atoms. The van der Waals surface area contributed by atoms with E-state index in [2.05, 4.69) is 41.1 Å². The summed E-state index contributed by atoms with van der Waals surface area (Å²) in [6.45, 7) is 0. The van der Waals surface area contributed by atoms with E-state index in [-0.39, 0.29) is 5.88 Å². The number of pyridine rings is 2. The predicted molar refractivity (Wildman–Crippen MR) is 116 cm³/mol. The molecule has 0 spiro atoms. The third kappa shape index (κ3) is 3.36. The number of nitrogens with one attached hydrogen (secondary N) is 1. The molecule has 0 unspecified atom stereocenters. The van der Waals surface area contributed by atoms with Gasteiger partial charge in [0, 0.05) is 39.2 Å². The van der Waals surface area contributed by atoms with Crippen LogP contribution in [0, 0.1) is 0 Å². The van der Waals surface area contributed by atoms with Crippen molar-refractivity contribution >= 4 is 50.5 Å². The maximum absolute atomic E-state index is 10.3. The Kier molecular flexibility index (Phi) is 4.29. The smallest absolute Gasteiger partial charge is 0.198 e. The van der Waals surface area contributed by atoms with Gasteiger partial charge in [0.05, 0.1) is 11.4 Å². The lowest BCUT2D eigenvalue weighted by Crippen LogP contribution is -2.08. The Morgan fingerprint density at radius 2 is 1.97 bits per heavy atom. The highest BCUT2D eigenvalue weighted by atomic mass is 79.9. The summed E-state index contributed by atoms with van der Waals surface area (Å²) >= 11 is 3.43. The van der Waals surface area contributed by atoms with Crippen LogP contribution in [0.25, 0.3) is 28.9 Å². The van der Waals surface area contributed by atoms with Crippen LogP contribution in [0.1, 0.15) is 11.1 Å². The summed E-state index contributed by atoms with van der Waals surface area (Å²) in [5.74, 6) is 0.0828. The van der Waals surface area contributed by atoms with Crippen molar-refractivity contribution in [2.75, 3.05) is 0 Å². The molecular weight excluding hydrogens is 430 g/mol. The lowest BCUT2D eigenvalue weighted by atomic mass is 10.1. The number of nitrogens with zero attached hydrogens (tertiary/aromatic N) is 4. The summed E-state index contributed by atoms with van der Waals surface area (Å²) in [7, 11) is 0. The zero-order chi connectivity index (χ0) is 19.8. The van der Waals surface area contributed by atoms with E-state index in [9.17, 15) is 5.11 Å². The van der Waals surface area contributed by atoms with Crippen LogP contribution in [0.2, 0.25) is 0 Å². The summed E-state index contributed by atoms with van der Waals surface area (Å²) in [6.07, 6.45) is 11.0. The third-order valence-electron chi connectivity index (χ3n) is 4.63. The molecule has 4 heterocycles. The lowest BCUT2D eigenvalue weighted by molar-refractivity contribution is 0.457. The first kappa shape index (κ1) is 17.5. The second-order valence-electron chi connectivity index (χ2n) is 6.56. The highest BCUT2D eigenvalue weighted by molar-refractivity contribution is 9.10. The Bertz CT molecular complexity index is 1420. The predicted octanol–water partition coefficient (Wildman–Crippen LogP) is 4.17. The van der Waals surface area contributed by atoms with Crippen LogP contribution in [0.5, 0.6) is 5.88 Å². The molecule has 5 rings (SSSR count). The number of hydrogen-bond donors (Lipinski definition) is 2. The number of H-pyrrole nitrogens is 1. The average molecular weight is 444 g/mol. The van der Waals surface area contributed by atoms with Crippen LogP contribution in [-0.2, 0) is 0 Å². The van der Waals surface area contributed by atoms with E-state index in [1.165, 1.54) is 0 Å². The number of hydrogen-bond acceptors (Lipinski definition) is 5. The first-order valence-electron chi connectivity index (χ1n) is 8.89. The Morgan fingerprint density at radius 1 is 1.03 bits per heavy atom. The quantitative estimate of drug-likeness (QED) is 0.497. The van der Waals surface area contributed by atoms with E-state index in [0.29, 0.717) is 11.2 Å². The van der Waals surface area contributed by atoms with Crippen molar-refractivity contribution in [3.8, 4) is 5.88 Å². The third-order valence-corrected chi connectivity index (χ3v) is 5.06. The molecule has 4 aromatic rings. The van der Waals surface area contributed by atoms with Gasteiger partial charge in [-0.1, -0.05) is 18.2 Å². The molecule has 0 radical (unpaired) electrons. The normalized spacial score (nSPS) is 13.7. The molecule has 0 atom stereocenters. The number of benzene rings is 1. The van der Waals surface area contributed by atoms with E-state index in [0.717, 1.165) is 37.2 Å². The fourth-order valence-corrected chi connectivity index (χ4v) is 3.57. The van der Waals surface area contributed by atoms with E-state index >= 15 is 0 Å². The minimum absolute atomic E-state index is 0.0828. The number of rotatable bonds is 3. The zero-order valence-electron chi connectivity index (χ0n) is 15.0. The number of fused-ring (bicyclic) bond motifs is 2. The number of halogens is 1. The molecule has 0 bridgehead atoms. The van der Waals surface area contributed by atoms with E-state index in [1.807, 2.05) is 54.6 Å². The van der Waals surface area contributed by atoms with Gasteiger partial charge >= 0.3 is 0 Å². The SMILES string of the molecule is Oc1[nH]c2ncc(Br)cc2c1/C=c1/ccc2c(c1)N=NC=2/C=C/c1cccnc1. The summed E-state index contributed by atoms with van der Waals surface area (Å²) < 4.78 is 0.848. The highest BCUT2D eigenvalue weighted by Crippen LogP contribution is 2.28. The molecule has 0 aliphatic carbocycles. The second-order valence-corrected chi connectivity index (χ2v) is 7.48. The Morgan fingerprint density at radius 3 is 2.83 bits per heavy atom. The standard InChI is InChI=1S/C22H14BrN5O/c23-15-10-17-18(22(29)26-21(17)25-12-15)8-14-3-5-16-19(27-28-20(16)9-14)6-4-13-2-1-7-24-11-13/h1-12,29H,(H,25,26)/b6-4+,14-8-. The van der Waals surface area contributed by atoms with Crippen LogP contribution in [0.3, 0.4) is 0 Å². The monoisotopic (exact) mass is 443 g/mol. The molecule has 0 amide bonds. The summed E-state index contributed by atoms with van der Waals surface area (Å²) in [5.41, 5.74) is 3.92. The van der Waals surface area contributed by atoms with Gasteiger partial charge in [-0.2, -0.15) is 0 Å². The molecule has 2 N–H and O–H groups in total. The van der Waals surface area contributed by atoms with Gasteiger partial charge in [-0.25, -0.2) is 4.98 Å². The minimum atomic E-state index is 0.0828. The largest absolute Gasteiger partial charge is 0.494 e. The Balaban J connectivity index is 1.57. The molecule has 0 fully saturated rings. The van der Waals surface area contributed by atoms with Gasteiger partial charge in [-0.05, 0) is 63.1 Å². The molecule has 140 valence electrons. The van der Waals surface area contributed by atoms with Crippen molar-refractivity contribution in [1.82, 2.24) is 15.0 Å². The Labute approximate surface area is 173 Å². The Hall–Kier alpha value is -3.58. The van der Waals surface area contributed by atoms with E-state index in [4.69, 9.17) is 0 Å². The van der Waals surface area contributed by atoms with Crippen molar-refractivity contribution in [2.24, 2.45) is 10.2 Å². The molecule has 3 aromatic heterocycles. The van der Waals surface area contributed by atoms with Crippen molar-refractivity contribution in [3.05, 3.63) is 87.1 Å². The molecule has 7 heteroatoms. The zero-order valence-corrected chi connectivity index (χ0v) is 16.6. The topological polar surface area (TPSA) is 86.5 Å². The molecule has 1 aliphatic heterocycles. The van der Waals surface area contributed by atoms with Gasteiger partial charge in [0.15, 0.2) is 5.88 Å². The number of aromatic amines is 1. The van der Waals surface area contributed by atoms with Gasteiger partial charge in [0.2, 0.25) is 0 Å². The molecular formula is C22H14BrN5O. The highest BCUT2D eigenvalue weighted by Gasteiger charge is 2.11. The summed E-state index contributed by atoms with van der Waals surface area (Å²) in [4.78, 5) is 11.3. The van der Waals surface area contributed by atoms with Crippen LogP contribution < -0.4 is 10.4 Å². The molecule has 0 saturated carbocycles. The fourth-order valence-electron chi connectivity index (χ4n) is 3.24.